The fourth-order valence-corrected chi connectivity index (χ4v) is 3.04. The smallest absolute Gasteiger partial charge is 0.275 e. The van der Waals surface area contributed by atoms with Crippen molar-refractivity contribution in [2.45, 2.75) is 37.3 Å². The molecule has 1 heterocycles. The molecule has 1 saturated heterocycles. The summed E-state index contributed by atoms with van der Waals surface area (Å²) < 4.78 is 5.42. The lowest BCUT2D eigenvalue weighted by Crippen LogP contribution is -2.41. The second kappa shape index (κ2) is 7.76. The third-order valence-corrected chi connectivity index (χ3v) is 4.49. The van der Waals surface area contributed by atoms with Gasteiger partial charge in [0.15, 0.2) is 6.10 Å². The number of carbonyl (C=O) groups excluding carboxylic acids is 1. The minimum Gasteiger partial charge on any atom is -0.387 e. The Hall–Kier alpha value is -2.25. The monoisotopic (exact) mass is 343 g/mol. The first-order chi connectivity index (χ1) is 12.1. The zero-order valence-electron chi connectivity index (χ0n) is 13.6. The Morgan fingerprint density at radius 3 is 2.12 bits per heavy atom. The summed E-state index contributed by atoms with van der Waals surface area (Å²) >= 11 is 0. The summed E-state index contributed by atoms with van der Waals surface area (Å²) in [7, 11) is 0. The van der Waals surface area contributed by atoms with Crippen LogP contribution in [0.3, 0.4) is 0 Å². The predicted molar refractivity (Wildman–Crippen MR) is 89.8 cm³/mol. The number of carbonyl (C=O) groups is 1. The van der Waals surface area contributed by atoms with Crippen LogP contribution in [-0.2, 0) is 22.4 Å². The highest BCUT2D eigenvalue weighted by Gasteiger charge is 2.46. The molecule has 1 aliphatic heterocycles. The van der Waals surface area contributed by atoms with Gasteiger partial charge in [-0.15, -0.1) is 0 Å². The summed E-state index contributed by atoms with van der Waals surface area (Å²) in [5, 5.41) is 28.7. The Morgan fingerprint density at radius 2 is 1.52 bits per heavy atom. The molecular formula is C19H21NO5. The van der Waals surface area contributed by atoms with Gasteiger partial charge in [0, 0.05) is 0 Å². The average molecular weight is 343 g/mol. The Kier molecular flexibility index (Phi) is 5.45. The Labute approximate surface area is 145 Å². The average Bonchev–Trinajstić information content (AvgIpc) is 2.96. The van der Waals surface area contributed by atoms with Gasteiger partial charge in [-0.25, -0.2) is 5.48 Å². The molecule has 4 atom stereocenters. The number of hydrogen-bond acceptors (Lipinski definition) is 5. The van der Waals surface area contributed by atoms with Crippen molar-refractivity contribution in [3.63, 3.8) is 0 Å². The zero-order chi connectivity index (χ0) is 17.8. The van der Waals surface area contributed by atoms with Gasteiger partial charge >= 0.3 is 0 Å². The maximum absolute atomic E-state index is 11.5. The number of nitrogens with one attached hydrogen (secondary N) is 1. The van der Waals surface area contributed by atoms with E-state index in [1.54, 1.807) is 0 Å². The van der Waals surface area contributed by atoms with Crippen molar-refractivity contribution in [3.8, 4) is 0 Å². The summed E-state index contributed by atoms with van der Waals surface area (Å²) in [6.07, 6.45) is -2.94. The molecule has 0 aliphatic carbocycles. The van der Waals surface area contributed by atoms with E-state index in [1.165, 1.54) is 11.0 Å². The lowest BCUT2D eigenvalue weighted by molar-refractivity contribution is -0.144. The van der Waals surface area contributed by atoms with Gasteiger partial charge in [-0.3, -0.25) is 10.0 Å². The van der Waals surface area contributed by atoms with E-state index in [0.29, 0.717) is 5.56 Å². The highest BCUT2D eigenvalue weighted by atomic mass is 16.6. The molecule has 0 spiro atoms. The lowest BCUT2D eigenvalue weighted by atomic mass is 9.98. The van der Waals surface area contributed by atoms with Crippen LogP contribution in [-0.4, -0.2) is 39.6 Å². The largest absolute Gasteiger partial charge is 0.387 e. The molecule has 3 rings (SSSR count). The summed E-state index contributed by atoms with van der Waals surface area (Å²) in [6.45, 7) is 0. The summed E-state index contributed by atoms with van der Waals surface area (Å²) in [5.41, 5.74) is 4.52. The molecule has 1 amide bonds. The molecule has 0 radical (unpaired) electrons. The third kappa shape index (κ3) is 3.88. The first-order valence-electron chi connectivity index (χ1n) is 8.18. The topological polar surface area (TPSA) is 99.0 Å². The van der Waals surface area contributed by atoms with Crippen molar-refractivity contribution < 1.29 is 25.0 Å². The predicted octanol–water partition coefficient (Wildman–Crippen LogP) is 1.14. The van der Waals surface area contributed by atoms with Gasteiger partial charge in [-0.1, -0.05) is 54.6 Å². The zero-order valence-corrected chi connectivity index (χ0v) is 13.6. The lowest BCUT2D eigenvalue weighted by Gasteiger charge is -2.15. The molecule has 0 aromatic heterocycles. The first kappa shape index (κ1) is 17.6. The van der Waals surface area contributed by atoms with Crippen LogP contribution in [0, 0.1) is 0 Å². The van der Waals surface area contributed by atoms with Gasteiger partial charge in [0.25, 0.3) is 5.91 Å². The number of aliphatic hydroxyl groups is 2. The minimum absolute atomic E-state index is 0.670. The van der Waals surface area contributed by atoms with E-state index >= 15 is 0 Å². The number of amides is 1. The van der Waals surface area contributed by atoms with Crippen molar-refractivity contribution >= 4 is 5.91 Å². The number of hydroxylamine groups is 1. The van der Waals surface area contributed by atoms with Crippen LogP contribution >= 0.6 is 0 Å². The third-order valence-electron chi connectivity index (χ3n) is 4.49. The van der Waals surface area contributed by atoms with Gasteiger partial charge in [0.1, 0.15) is 18.3 Å². The number of rotatable bonds is 5. The molecule has 4 N–H and O–H groups in total. The van der Waals surface area contributed by atoms with E-state index in [-0.39, 0.29) is 0 Å². The van der Waals surface area contributed by atoms with Gasteiger partial charge < -0.3 is 14.9 Å². The molecule has 0 bridgehead atoms. The van der Waals surface area contributed by atoms with Gasteiger partial charge in [0.05, 0.1) is 0 Å². The van der Waals surface area contributed by atoms with Gasteiger partial charge in [-0.2, -0.15) is 0 Å². The number of benzene rings is 2. The molecule has 1 fully saturated rings. The molecule has 0 unspecified atom stereocenters. The van der Waals surface area contributed by atoms with Crippen LogP contribution in [0.25, 0.3) is 0 Å². The van der Waals surface area contributed by atoms with Crippen molar-refractivity contribution in [1.82, 2.24) is 5.48 Å². The molecule has 2 aromatic carbocycles. The van der Waals surface area contributed by atoms with E-state index in [9.17, 15) is 15.0 Å². The standard InChI is InChI=1S/C19H21NO5/c21-15-16(22)18(19(23)20-24)25-17(15)14-10-8-13(9-11-14)7-6-12-4-2-1-3-5-12/h1-5,8-11,15-18,21-22,24H,6-7H2,(H,20,23)/t15-,16+,17-,18-/m0/s1. The highest BCUT2D eigenvalue weighted by Crippen LogP contribution is 2.33. The van der Waals surface area contributed by atoms with Crippen LogP contribution in [0.1, 0.15) is 22.8 Å². The number of ether oxygens (including phenoxy) is 1. The quantitative estimate of drug-likeness (QED) is 0.482. The Morgan fingerprint density at radius 1 is 0.920 bits per heavy atom. The Bertz CT molecular complexity index is 704. The summed E-state index contributed by atoms with van der Waals surface area (Å²) in [6, 6.07) is 17.7. The molecular weight excluding hydrogens is 322 g/mol. The number of aliphatic hydroxyl groups excluding tert-OH is 2. The molecule has 25 heavy (non-hydrogen) atoms. The van der Waals surface area contributed by atoms with Crippen molar-refractivity contribution in [2.24, 2.45) is 0 Å². The maximum atomic E-state index is 11.5. The first-order valence-corrected chi connectivity index (χ1v) is 8.18. The van der Waals surface area contributed by atoms with E-state index in [1.807, 2.05) is 42.5 Å². The van der Waals surface area contributed by atoms with Crippen LogP contribution in [0.5, 0.6) is 0 Å². The fourth-order valence-electron chi connectivity index (χ4n) is 3.04. The normalized spacial score (nSPS) is 25.7. The van der Waals surface area contributed by atoms with Crippen LogP contribution < -0.4 is 5.48 Å². The molecule has 132 valence electrons. The summed E-state index contributed by atoms with van der Waals surface area (Å²) in [4.78, 5) is 11.5. The van der Waals surface area contributed by atoms with Gasteiger partial charge in [0.2, 0.25) is 0 Å². The van der Waals surface area contributed by atoms with Crippen molar-refractivity contribution in [2.75, 3.05) is 0 Å². The van der Waals surface area contributed by atoms with Crippen LogP contribution in [0.15, 0.2) is 54.6 Å². The maximum Gasteiger partial charge on any atom is 0.275 e. The van der Waals surface area contributed by atoms with Crippen molar-refractivity contribution in [3.05, 3.63) is 71.3 Å². The number of aryl methyl sites for hydroxylation is 2. The SMILES string of the molecule is O=C(NO)[C@H]1O[C@@H](c2ccc(CCc3ccccc3)cc2)[C@@H](O)[C@H]1O. The van der Waals surface area contributed by atoms with Crippen LogP contribution in [0.2, 0.25) is 0 Å². The van der Waals surface area contributed by atoms with E-state index in [2.05, 4.69) is 12.1 Å². The Balaban J connectivity index is 1.65. The fraction of sp³-hybridized carbons (Fsp3) is 0.316. The molecule has 2 aromatic rings. The van der Waals surface area contributed by atoms with E-state index < -0.39 is 30.3 Å². The molecule has 6 nitrogen and oxygen atoms in total. The van der Waals surface area contributed by atoms with E-state index in [4.69, 9.17) is 9.94 Å². The minimum atomic E-state index is -1.39. The highest BCUT2D eigenvalue weighted by molar-refractivity contribution is 5.80. The second-order valence-electron chi connectivity index (χ2n) is 6.16. The molecule has 6 heteroatoms. The number of hydrogen-bond donors (Lipinski definition) is 4. The molecule has 0 saturated carbocycles. The molecule has 1 aliphatic rings. The second-order valence-corrected chi connectivity index (χ2v) is 6.16. The van der Waals surface area contributed by atoms with Crippen molar-refractivity contribution in [1.29, 1.82) is 0 Å². The summed E-state index contributed by atoms with van der Waals surface area (Å²) in [5.74, 6) is -0.881. The van der Waals surface area contributed by atoms with E-state index in [0.717, 1.165) is 18.4 Å². The van der Waals surface area contributed by atoms with Crippen LogP contribution in [0.4, 0.5) is 0 Å². The van der Waals surface area contributed by atoms with Gasteiger partial charge in [-0.05, 0) is 29.5 Å².